The van der Waals surface area contributed by atoms with Crippen LogP contribution in [0.1, 0.15) is 70.9 Å². The second kappa shape index (κ2) is 28.1. The number of benzene rings is 2. The highest BCUT2D eigenvalue weighted by atomic mass is 16.6. The first kappa shape index (κ1) is 46.1. The van der Waals surface area contributed by atoms with E-state index in [1.54, 1.807) is 0 Å². The Morgan fingerprint density at radius 1 is 0.688 bits per heavy atom. The van der Waals surface area contributed by atoms with Gasteiger partial charge in [0.1, 0.15) is 12.2 Å². The van der Waals surface area contributed by atoms with Gasteiger partial charge in [-0.05, 0) is 61.5 Å². The van der Waals surface area contributed by atoms with Crippen molar-refractivity contribution in [1.82, 2.24) is 0 Å². The van der Waals surface area contributed by atoms with Crippen molar-refractivity contribution in [2.45, 2.75) is 97.1 Å². The second-order valence-corrected chi connectivity index (χ2v) is 11.9. The van der Waals surface area contributed by atoms with Crippen molar-refractivity contribution in [3.63, 3.8) is 0 Å². The van der Waals surface area contributed by atoms with Gasteiger partial charge in [-0.3, -0.25) is 25.0 Å². The molecule has 0 aliphatic rings. The van der Waals surface area contributed by atoms with E-state index in [4.69, 9.17) is 15.3 Å². The Hall–Kier alpha value is -3.98. The maximum atomic E-state index is 10.9. The lowest BCUT2D eigenvalue weighted by Gasteiger charge is -2.08. The number of aryl methyl sites for hydroxylation is 2. The number of hydrogen-bond acceptors (Lipinski definition) is 11. The number of carbonyl (C=O) groups is 2. The Balaban J connectivity index is 0. The third-order valence-electron chi connectivity index (χ3n) is 6.29. The molecule has 14 nitrogen and oxygen atoms in total. The number of aliphatic hydroxyl groups excluding tert-OH is 4. The van der Waals surface area contributed by atoms with Gasteiger partial charge in [-0.15, -0.1) is 0 Å². The fourth-order valence-electron chi connectivity index (χ4n) is 3.94. The average Bonchev–Trinajstić information content (AvgIpc) is 2.99. The number of aliphatic carboxylic acids is 1. The average molecular weight is 683 g/mol. The number of hydrogen-bond donors (Lipinski definition) is 5. The van der Waals surface area contributed by atoms with Crippen LogP contribution in [0.5, 0.6) is 0 Å². The van der Waals surface area contributed by atoms with Crippen LogP contribution in [0.15, 0.2) is 60.7 Å². The van der Waals surface area contributed by atoms with E-state index in [9.17, 15) is 40.0 Å². The molecule has 272 valence electrons. The van der Waals surface area contributed by atoms with Crippen LogP contribution in [0, 0.1) is 32.1 Å². The standard InChI is InChI=1S/C12H16O3.C10H13NO3.C6H13NO3.C6H12O3/c1-15-12(14)9-11(13)8-7-10-5-3-2-4-6-10;12-10(8-11(13)14)7-6-9-4-2-1-3-5-9;1-5(2)3-6(8)4-7(9)10;1-4(2)3-5(7)6(8)9/h2-6,11,13H,7-9H2,1H3;1-5,10,12H,6-8H2;5-6,8H,3-4H2,1-2H3;4-5,7H,3H2,1-2H3,(H,8,9)/t11-;10-;6-;5-/m0000/s1. The van der Waals surface area contributed by atoms with Crippen molar-refractivity contribution < 1.29 is 49.7 Å². The zero-order valence-electron chi connectivity index (χ0n) is 28.6. The number of carboxylic acid groups (broad SMARTS) is 1. The molecule has 0 saturated heterocycles. The normalized spacial score (nSPS) is 12.8. The van der Waals surface area contributed by atoms with E-state index in [0.717, 1.165) is 12.0 Å². The largest absolute Gasteiger partial charge is 0.479 e. The van der Waals surface area contributed by atoms with E-state index in [0.29, 0.717) is 38.0 Å². The highest BCUT2D eigenvalue weighted by Gasteiger charge is 2.14. The van der Waals surface area contributed by atoms with Gasteiger partial charge in [-0.1, -0.05) is 88.4 Å². The number of carbonyl (C=O) groups excluding carboxylic acids is 1. The van der Waals surface area contributed by atoms with Crippen molar-refractivity contribution in [1.29, 1.82) is 0 Å². The van der Waals surface area contributed by atoms with Crippen LogP contribution < -0.4 is 0 Å². The van der Waals surface area contributed by atoms with E-state index in [1.165, 1.54) is 12.7 Å². The molecule has 2 aromatic rings. The summed E-state index contributed by atoms with van der Waals surface area (Å²) in [6.45, 7) is 6.87. The summed E-state index contributed by atoms with van der Waals surface area (Å²) >= 11 is 0. The quantitative estimate of drug-likeness (QED) is 0.0907. The van der Waals surface area contributed by atoms with Crippen molar-refractivity contribution in [3.05, 3.63) is 92.0 Å². The first-order valence-electron chi connectivity index (χ1n) is 15.8. The predicted octanol–water partition coefficient (Wildman–Crippen LogP) is 3.95. The molecule has 0 amide bonds. The van der Waals surface area contributed by atoms with E-state index in [2.05, 4.69) is 4.74 Å². The zero-order valence-corrected chi connectivity index (χ0v) is 28.6. The summed E-state index contributed by atoms with van der Waals surface area (Å²) in [6.07, 6.45) is -0.0543. The van der Waals surface area contributed by atoms with Crippen LogP contribution >= 0.6 is 0 Å². The van der Waals surface area contributed by atoms with Crippen LogP contribution in [0.3, 0.4) is 0 Å². The monoisotopic (exact) mass is 682 g/mol. The lowest BCUT2D eigenvalue weighted by Crippen LogP contribution is -2.21. The third-order valence-corrected chi connectivity index (χ3v) is 6.29. The van der Waals surface area contributed by atoms with Gasteiger partial charge in [-0.2, -0.15) is 0 Å². The van der Waals surface area contributed by atoms with Crippen molar-refractivity contribution >= 4 is 11.9 Å². The summed E-state index contributed by atoms with van der Waals surface area (Å²) in [5, 5.41) is 64.5. The van der Waals surface area contributed by atoms with Crippen LogP contribution in [0.25, 0.3) is 0 Å². The van der Waals surface area contributed by atoms with Crippen molar-refractivity contribution in [3.8, 4) is 0 Å². The molecule has 14 heteroatoms. The van der Waals surface area contributed by atoms with Gasteiger partial charge in [0.15, 0.2) is 6.10 Å². The van der Waals surface area contributed by atoms with Crippen LogP contribution in [0.2, 0.25) is 0 Å². The molecule has 0 heterocycles. The van der Waals surface area contributed by atoms with Crippen LogP contribution in [-0.2, 0) is 27.2 Å². The van der Waals surface area contributed by atoms with Crippen LogP contribution in [-0.4, -0.2) is 91.9 Å². The van der Waals surface area contributed by atoms with Crippen molar-refractivity contribution in [2.24, 2.45) is 11.8 Å². The SMILES string of the molecule is CC(C)C[C@H](O)C(=O)O.CC(C)C[C@H](O)C[N+](=O)[O-].COC(=O)C[C@@H](O)CCc1ccccc1.O=[N+]([O-])C[C@@H](O)CCc1ccccc1. The predicted molar refractivity (Wildman–Crippen MR) is 180 cm³/mol. The molecular weight excluding hydrogens is 628 g/mol. The number of ether oxygens (including phenoxy) is 1. The Morgan fingerprint density at radius 2 is 1.08 bits per heavy atom. The summed E-state index contributed by atoms with van der Waals surface area (Å²) in [5.41, 5.74) is 2.26. The molecule has 0 saturated carbocycles. The Labute approximate surface area is 282 Å². The highest BCUT2D eigenvalue weighted by Crippen LogP contribution is 2.08. The molecule has 5 N–H and O–H groups in total. The maximum absolute atomic E-state index is 10.9. The van der Waals surface area contributed by atoms with Gasteiger partial charge in [0.2, 0.25) is 13.1 Å². The molecule has 0 aromatic heterocycles. The van der Waals surface area contributed by atoms with Gasteiger partial charge >= 0.3 is 11.9 Å². The smallest absolute Gasteiger partial charge is 0.332 e. The van der Waals surface area contributed by atoms with Gasteiger partial charge in [0.05, 0.1) is 19.6 Å². The lowest BCUT2D eigenvalue weighted by molar-refractivity contribution is -0.490. The molecule has 2 rings (SSSR count). The van der Waals surface area contributed by atoms with Gasteiger partial charge < -0.3 is 30.3 Å². The Bertz CT molecular complexity index is 1130. The molecule has 0 radical (unpaired) electrons. The zero-order chi connectivity index (χ0) is 37.1. The van der Waals surface area contributed by atoms with E-state index in [-0.39, 0.29) is 31.4 Å². The molecule has 0 unspecified atom stereocenters. The number of methoxy groups -OCH3 is 1. The maximum Gasteiger partial charge on any atom is 0.332 e. The molecule has 0 bridgehead atoms. The number of aliphatic hydroxyl groups is 4. The summed E-state index contributed by atoms with van der Waals surface area (Å²) in [4.78, 5) is 39.8. The topological polar surface area (TPSA) is 231 Å². The number of esters is 1. The minimum absolute atomic E-state index is 0.0728. The number of nitro groups is 2. The molecule has 0 fully saturated rings. The molecule has 4 atom stereocenters. The molecular formula is C34H54N2O12. The van der Waals surface area contributed by atoms with Crippen LogP contribution in [0.4, 0.5) is 0 Å². The first-order chi connectivity index (χ1) is 22.5. The second-order valence-electron chi connectivity index (χ2n) is 11.9. The first-order valence-corrected chi connectivity index (χ1v) is 15.8. The Kier molecular flexibility index (Phi) is 27.0. The van der Waals surface area contributed by atoms with Gasteiger partial charge in [0, 0.05) is 9.85 Å². The summed E-state index contributed by atoms with van der Waals surface area (Å²) in [5.74, 6) is -0.953. The van der Waals surface area contributed by atoms with E-state index in [1.807, 2.05) is 88.4 Å². The number of carboxylic acids is 1. The summed E-state index contributed by atoms with van der Waals surface area (Å²) < 4.78 is 4.47. The third kappa shape index (κ3) is 30.7. The molecule has 0 spiro atoms. The molecule has 0 aliphatic carbocycles. The Morgan fingerprint density at radius 3 is 1.42 bits per heavy atom. The molecule has 0 aliphatic heterocycles. The minimum Gasteiger partial charge on any atom is -0.479 e. The van der Waals surface area contributed by atoms with E-state index < -0.39 is 40.2 Å². The lowest BCUT2D eigenvalue weighted by atomic mass is 10.1. The number of rotatable bonds is 17. The minimum atomic E-state index is -1.19. The molecule has 48 heavy (non-hydrogen) atoms. The fourth-order valence-corrected chi connectivity index (χ4v) is 3.94. The van der Waals surface area contributed by atoms with Crippen molar-refractivity contribution in [2.75, 3.05) is 20.2 Å². The number of nitrogens with zero attached hydrogens (tertiary/aromatic N) is 2. The molecule has 2 aromatic carbocycles. The summed E-state index contributed by atoms with van der Waals surface area (Å²) in [7, 11) is 1.33. The fraction of sp³-hybridized carbons (Fsp3) is 0.588. The summed E-state index contributed by atoms with van der Waals surface area (Å²) in [6, 6.07) is 19.5. The van der Waals surface area contributed by atoms with Gasteiger partial charge in [0.25, 0.3) is 0 Å². The van der Waals surface area contributed by atoms with E-state index >= 15 is 0 Å². The highest BCUT2D eigenvalue weighted by molar-refractivity contribution is 5.71. The van der Waals surface area contributed by atoms with Gasteiger partial charge in [-0.25, -0.2) is 4.79 Å².